The topological polar surface area (TPSA) is 77.2 Å². The summed E-state index contributed by atoms with van der Waals surface area (Å²) in [5, 5.41) is 13.5. The third-order valence-corrected chi connectivity index (χ3v) is 3.75. The average Bonchev–Trinajstić information content (AvgIpc) is 3.11. The van der Waals surface area contributed by atoms with Crippen LogP contribution in [0.3, 0.4) is 0 Å². The minimum absolute atomic E-state index is 0.0223. The fraction of sp³-hybridized carbons (Fsp3) is 0. The van der Waals surface area contributed by atoms with E-state index in [1.54, 1.807) is 12.1 Å². The maximum Gasteiger partial charge on any atom is 0.289 e. The molecule has 0 aliphatic heterocycles. The number of halogens is 1. The first-order chi connectivity index (χ1) is 11.5. The van der Waals surface area contributed by atoms with Crippen LogP contribution in [-0.2, 0) is 0 Å². The summed E-state index contributed by atoms with van der Waals surface area (Å²) in [6.07, 6.45) is 3.81. The van der Waals surface area contributed by atoms with E-state index < -0.39 is 4.92 Å². The van der Waals surface area contributed by atoms with Gasteiger partial charge in [0.05, 0.1) is 4.92 Å². The van der Waals surface area contributed by atoms with Crippen molar-refractivity contribution in [3.8, 4) is 5.69 Å². The fourth-order valence-electron chi connectivity index (χ4n) is 2.23. The highest BCUT2D eigenvalue weighted by atomic mass is 35.5. The summed E-state index contributed by atoms with van der Waals surface area (Å²) < 4.78 is 1.92. The smallest absolute Gasteiger partial charge is 0.289 e. The Labute approximate surface area is 142 Å². The quantitative estimate of drug-likeness (QED) is 0.568. The number of amides is 1. The average molecular weight is 342 g/mol. The summed E-state index contributed by atoms with van der Waals surface area (Å²) in [6.45, 7) is 0. The maximum atomic E-state index is 12.3. The van der Waals surface area contributed by atoms with Gasteiger partial charge < -0.3 is 9.88 Å². The van der Waals surface area contributed by atoms with E-state index in [0.29, 0.717) is 11.3 Å². The van der Waals surface area contributed by atoms with Crippen LogP contribution in [0, 0.1) is 10.1 Å². The van der Waals surface area contributed by atoms with Gasteiger partial charge in [-0.25, -0.2) is 0 Å². The van der Waals surface area contributed by atoms with Crippen molar-refractivity contribution in [1.82, 2.24) is 4.57 Å². The number of nitrogens with zero attached hydrogens (tertiary/aromatic N) is 2. The Morgan fingerprint density at radius 1 is 1.08 bits per heavy atom. The van der Waals surface area contributed by atoms with Crippen molar-refractivity contribution in [2.75, 3.05) is 5.32 Å². The van der Waals surface area contributed by atoms with Crippen LogP contribution in [0.25, 0.3) is 5.69 Å². The molecule has 1 heterocycles. The van der Waals surface area contributed by atoms with Gasteiger partial charge in [0, 0.05) is 35.4 Å². The predicted molar refractivity (Wildman–Crippen MR) is 91.8 cm³/mol. The molecular formula is C17H12ClN3O3. The molecule has 1 N–H and O–H groups in total. The summed E-state index contributed by atoms with van der Waals surface area (Å²) in [5.74, 6) is -0.356. The van der Waals surface area contributed by atoms with E-state index in [9.17, 15) is 14.9 Å². The van der Waals surface area contributed by atoms with Crippen molar-refractivity contribution >= 4 is 28.9 Å². The van der Waals surface area contributed by atoms with Gasteiger partial charge >= 0.3 is 0 Å². The van der Waals surface area contributed by atoms with Crippen LogP contribution < -0.4 is 5.32 Å². The molecule has 0 bridgehead atoms. The summed E-state index contributed by atoms with van der Waals surface area (Å²) in [7, 11) is 0. The largest absolute Gasteiger partial charge is 0.324 e. The summed E-state index contributed by atoms with van der Waals surface area (Å²) in [4.78, 5) is 22.5. The number of nitro benzene ring substituents is 1. The van der Waals surface area contributed by atoms with Gasteiger partial charge in [-0.3, -0.25) is 14.9 Å². The van der Waals surface area contributed by atoms with Gasteiger partial charge in [0.25, 0.3) is 11.6 Å². The second-order valence-corrected chi connectivity index (χ2v) is 5.42. The summed E-state index contributed by atoms with van der Waals surface area (Å²) >= 11 is 5.75. The van der Waals surface area contributed by atoms with Crippen LogP contribution in [0.4, 0.5) is 11.4 Å². The molecule has 1 amide bonds. The molecule has 0 radical (unpaired) electrons. The molecule has 7 heteroatoms. The highest BCUT2D eigenvalue weighted by Crippen LogP contribution is 2.27. The number of nitro groups is 1. The van der Waals surface area contributed by atoms with Gasteiger partial charge in [-0.15, -0.1) is 0 Å². The molecule has 1 aromatic heterocycles. The Bertz CT molecular complexity index is 890. The predicted octanol–water partition coefficient (Wildman–Crippen LogP) is 4.29. The zero-order valence-corrected chi connectivity index (χ0v) is 13.1. The van der Waals surface area contributed by atoms with Crippen LogP contribution in [0.1, 0.15) is 10.4 Å². The van der Waals surface area contributed by atoms with Gasteiger partial charge in [0.15, 0.2) is 0 Å². The first kappa shape index (κ1) is 15.8. The number of rotatable bonds is 4. The van der Waals surface area contributed by atoms with E-state index in [1.807, 2.05) is 41.2 Å². The van der Waals surface area contributed by atoms with Crippen LogP contribution in [0.15, 0.2) is 67.0 Å². The SMILES string of the molecule is O=C(Nc1ccc(Cl)c([N+](=O)[O-])c1)c1ccc(-n2cccc2)cc1. The Hall–Kier alpha value is -3.12. The Kier molecular flexibility index (Phi) is 4.31. The molecule has 0 fully saturated rings. The normalized spacial score (nSPS) is 10.4. The molecule has 0 saturated carbocycles. The van der Waals surface area contributed by atoms with Crippen molar-refractivity contribution in [1.29, 1.82) is 0 Å². The Morgan fingerprint density at radius 2 is 1.75 bits per heavy atom. The van der Waals surface area contributed by atoms with Gasteiger partial charge in [0.2, 0.25) is 0 Å². The molecule has 0 aliphatic rings. The second-order valence-electron chi connectivity index (χ2n) is 5.01. The van der Waals surface area contributed by atoms with Crippen molar-refractivity contribution in [2.45, 2.75) is 0 Å². The zero-order valence-electron chi connectivity index (χ0n) is 12.3. The van der Waals surface area contributed by atoms with E-state index >= 15 is 0 Å². The van der Waals surface area contributed by atoms with E-state index in [4.69, 9.17) is 11.6 Å². The third kappa shape index (κ3) is 3.28. The minimum Gasteiger partial charge on any atom is -0.324 e. The number of nitrogens with one attached hydrogen (secondary N) is 1. The molecule has 120 valence electrons. The molecule has 0 aliphatic carbocycles. The number of hydrogen-bond donors (Lipinski definition) is 1. The molecule has 3 aromatic rings. The molecule has 0 atom stereocenters. The van der Waals surface area contributed by atoms with Crippen molar-refractivity contribution in [3.05, 3.63) is 87.7 Å². The lowest BCUT2D eigenvalue weighted by molar-refractivity contribution is -0.384. The van der Waals surface area contributed by atoms with Crippen molar-refractivity contribution < 1.29 is 9.72 Å². The first-order valence-corrected chi connectivity index (χ1v) is 7.41. The molecule has 0 saturated heterocycles. The molecule has 6 nitrogen and oxygen atoms in total. The summed E-state index contributed by atoms with van der Waals surface area (Å²) in [6, 6.07) is 15.0. The van der Waals surface area contributed by atoms with E-state index in [-0.39, 0.29) is 16.6 Å². The molecular weight excluding hydrogens is 330 g/mol. The van der Waals surface area contributed by atoms with Crippen LogP contribution in [-0.4, -0.2) is 15.4 Å². The number of carbonyl (C=O) groups excluding carboxylic acids is 1. The van der Waals surface area contributed by atoms with Crippen LogP contribution >= 0.6 is 11.6 Å². The number of benzene rings is 2. The van der Waals surface area contributed by atoms with Crippen LogP contribution in [0.5, 0.6) is 0 Å². The third-order valence-electron chi connectivity index (χ3n) is 3.43. The monoisotopic (exact) mass is 341 g/mol. The highest BCUT2D eigenvalue weighted by molar-refractivity contribution is 6.32. The zero-order chi connectivity index (χ0) is 17.1. The molecule has 0 spiro atoms. The van der Waals surface area contributed by atoms with E-state index in [0.717, 1.165) is 5.69 Å². The van der Waals surface area contributed by atoms with Gasteiger partial charge in [-0.2, -0.15) is 0 Å². The second kappa shape index (κ2) is 6.55. The lowest BCUT2D eigenvalue weighted by atomic mass is 10.2. The number of carbonyl (C=O) groups is 1. The molecule has 2 aromatic carbocycles. The van der Waals surface area contributed by atoms with Gasteiger partial charge in [-0.1, -0.05) is 11.6 Å². The van der Waals surface area contributed by atoms with Crippen molar-refractivity contribution in [2.24, 2.45) is 0 Å². The van der Waals surface area contributed by atoms with E-state index in [1.165, 1.54) is 18.2 Å². The van der Waals surface area contributed by atoms with E-state index in [2.05, 4.69) is 5.32 Å². The summed E-state index contributed by atoms with van der Waals surface area (Å²) in [5.41, 5.74) is 1.44. The number of aromatic nitrogens is 1. The maximum absolute atomic E-state index is 12.3. The molecule has 0 unspecified atom stereocenters. The standard InChI is InChI=1S/C17H12ClN3O3/c18-15-8-5-13(11-16(15)21(23)24)19-17(22)12-3-6-14(7-4-12)20-9-1-2-10-20/h1-11H,(H,19,22). The fourth-order valence-corrected chi connectivity index (χ4v) is 2.41. The highest BCUT2D eigenvalue weighted by Gasteiger charge is 2.14. The van der Waals surface area contributed by atoms with Crippen molar-refractivity contribution in [3.63, 3.8) is 0 Å². The lowest BCUT2D eigenvalue weighted by Gasteiger charge is -2.07. The lowest BCUT2D eigenvalue weighted by Crippen LogP contribution is -2.12. The van der Waals surface area contributed by atoms with Gasteiger partial charge in [-0.05, 0) is 48.5 Å². The first-order valence-electron chi connectivity index (χ1n) is 7.03. The molecule has 3 rings (SSSR count). The minimum atomic E-state index is -0.593. The number of anilines is 1. The van der Waals surface area contributed by atoms with Crippen LogP contribution in [0.2, 0.25) is 5.02 Å². The Morgan fingerprint density at radius 3 is 2.38 bits per heavy atom. The molecule has 24 heavy (non-hydrogen) atoms. The Balaban J connectivity index is 1.78. The van der Waals surface area contributed by atoms with Gasteiger partial charge in [0.1, 0.15) is 5.02 Å². The number of hydrogen-bond acceptors (Lipinski definition) is 3.